The fraction of sp³-hybridized carbons (Fsp3) is 0.880. The van der Waals surface area contributed by atoms with E-state index in [1.165, 1.54) is 14.2 Å². The molecule has 9 atom stereocenters. The van der Waals surface area contributed by atoms with E-state index in [0.717, 1.165) is 5.57 Å². The summed E-state index contributed by atoms with van der Waals surface area (Å²) in [5, 5.41) is 34.8. The number of aliphatic hydroxyl groups excluding tert-OH is 3. The molecule has 2 aliphatic heterocycles. The van der Waals surface area contributed by atoms with Gasteiger partial charge in [-0.3, -0.25) is 4.79 Å². The molecule has 2 rings (SSSR count). The van der Waals surface area contributed by atoms with Crippen LogP contribution in [0.5, 0.6) is 0 Å². The Balaban J connectivity index is 2.13. The number of nitrogens with one attached hydrogen (secondary N) is 1. The molecule has 10 nitrogen and oxygen atoms in total. The van der Waals surface area contributed by atoms with Gasteiger partial charge in [0.2, 0.25) is 5.79 Å². The maximum Gasteiger partial charge on any atom is 0.256 e. The normalized spacial score (nSPS) is 35.8. The van der Waals surface area contributed by atoms with Gasteiger partial charge in [0.15, 0.2) is 12.3 Å². The summed E-state index contributed by atoms with van der Waals surface area (Å²) in [4.78, 5) is 13.1. The lowest BCUT2D eigenvalue weighted by molar-refractivity contribution is -0.298. The number of rotatable bonds is 11. The van der Waals surface area contributed by atoms with Gasteiger partial charge in [0.1, 0.15) is 6.10 Å². The minimum absolute atomic E-state index is 0.0516. The summed E-state index contributed by atoms with van der Waals surface area (Å²) in [6, 6.07) is 0. The molecule has 0 bridgehead atoms. The molecule has 0 saturated carbocycles. The molecule has 1 amide bonds. The Morgan fingerprint density at radius 3 is 2.49 bits per heavy atom. The molecule has 35 heavy (non-hydrogen) atoms. The monoisotopic (exact) mass is 503 g/mol. The molecule has 0 aromatic carbocycles. The second-order valence-electron chi connectivity index (χ2n) is 10.3. The third-order valence-electron chi connectivity index (χ3n) is 7.58. The van der Waals surface area contributed by atoms with Crippen LogP contribution in [0.2, 0.25) is 0 Å². The van der Waals surface area contributed by atoms with E-state index in [-0.39, 0.29) is 37.9 Å². The first-order chi connectivity index (χ1) is 16.3. The van der Waals surface area contributed by atoms with E-state index in [4.69, 9.17) is 23.7 Å². The molecule has 2 saturated heterocycles. The molecule has 0 radical (unpaired) electrons. The molecule has 0 aliphatic carbocycles. The van der Waals surface area contributed by atoms with Gasteiger partial charge in [-0.25, -0.2) is 0 Å². The van der Waals surface area contributed by atoms with Crippen molar-refractivity contribution in [2.45, 2.75) is 103 Å². The predicted molar refractivity (Wildman–Crippen MR) is 128 cm³/mol. The Labute approximate surface area is 208 Å². The van der Waals surface area contributed by atoms with Gasteiger partial charge in [-0.1, -0.05) is 32.9 Å². The minimum Gasteiger partial charge on any atom is -0.392 e. The predicted octanol–water partition coefficient (Wildman–Crippen LogP) is 1.11. The van der Waals surface area contributed by atoms with Crippen molar-refractivity contribution < 1.29 is 43.8 Å². The van der Waals surface area contributed by atoms with Crippen molar-refractivity contribution in [3.63, 3.8) is 0 Å². The minimum atomic E-state index is -1.66. The second-order valence-corrected chi connectivity index (χ2v) is 10.3. The zero-order chi connectivity index (χ0) is 26.6. The van der Waals surface area contributed by atoms with Crippen LogP contribution in [-0.4, -0.2) is 97.3 Å². The highest BCUT2D eigenvalue weighted by atomic mass is 16.7. The van der Waals surface area contributed by atoms with Crippen molar-refractivity contribution in [1.29, 1.82) is 0 Å². The van der Waals surface area contributed by atoms with Crippen LogP contribution in [0.4, 0.5) is 0 Å². The summed E-state index contributed by atoms with van der Waals surface area (Å²) in [6.45, 7) is 14.1. The summed E-state index contributed by atoms with van der Waals surface area (Å²) in [6.07, 6.45) is -5.13. The van der Waals surface area contributed by atoms with Crippen molar-refractivity contribution in [2.24, 2.45) is 11.3 Å². The lowest BCUT2D eigenvalue weighted by atomic mass is 9.74. The Bertz CT molecular complexity index is 717. The van der Waals surface area contributed by atoms with Crippen molar-refractivity contribution >= 4 is 5.91 Å². The summed E-state index contributed by atoms with van der Waals surface area (Å²) >= 11 is 0. The molecule has 2 heterocycles. The highest BCUT2D eigenvalue weighted by molar-refractivity contribution is 5.82. The van der Waals surface area contributed by atoms with E-state index in [1.54, 1.807) is 0 Å². The lowest BCUT2D eigenvalue weighted by Crippen LogP contribution is -2.62. The number of carbonyl (C=O) groups excluding carboxylic acids is 1. The molecule has 4 N–H and O–H groups in total. The third kappa shape index (κ3) is 6.81. The van der Waals surface area contributed by atoms with Gasteiger partial charge in [-0.05, 0) is 13.8 Å². The zero-order valence-electron chi connectivity index (χ0n) is 22.2. The largest absolute Gasteiger partial charge is 0.392 e. The van der Waals surface area contributed by atoms with E-state index in [9.17, 15) is 20.1 Å². The van der Waals surface area contributed by atoms with Gasteiger partial charge < -0.3 is 44.3 Å². The molecule has 2 fully saturated rings. The van der Waals surface area contributed by atoms with Crippen molar-refractivity contribution in [3.05, 3.63) is 12.2 Å². The van der Waals surface area contributed by atoms with Crippen molar-refractivity contribution in [1.82, 2.24) is 5.32 Å². The van der Waals surface area contributed by atoms with Crippen LogP contribution in [0.3, 0.4) is 0 Å². The topological polar surface area (TPSA) is 136 Å². The maximum atomic E-state index is 13.1. The number of amides is 1. The number of hydrogen-bond acceptors (Lipinski definition) is 9. The van der Waals surface area contributed by atoms with Crippen molar-refractivity contribution in [3.8, 4) is 0 Å². The molecular formula is C25H45NO9. The highest BCUT2D eigenvalue weighted by Gasteiger charge is 2.51. The number of ether oxygens (including phenoxy) is 5. The first-order valence-corrected chi connectivity index (χ1v) is 12.3. The van der Waals surface area contributed by atoms with Gasteiger partial charge in [-0.2, -0.15) is 0 Å². The Morgan fingerprint density at radius 2 is 1.94 bits per heavy atom. The molecular weight excluding hydrogens is 458 g/mol. The standard InChI is InChI=1S/C25H45NO9/c1-9-33-13-17(27)10-20-24(5,6)19(28)11-18(34-20)23(31-7)26-22(30)21(29)25(32-8)12-14(2)15(3)16(4)35-25/h15-21,23,27-29H,2,9-13H2,1,3-8H3,(H,26,30)/t15?,16-,17+,18?,19-,20-,21-,23+,25-/m1/s1. The van der Waals surface area contributed by atoms with Crippen LogP contribution in [0.15, 0.2) is 12.2 Å². The Hall–Kier alpha value is -1.11. The fourth-order valence-corrected chi connectivity index (χ4v) is 4.69. The van der Waals surface area contributed by atoms with E-state index in [1.807, 2.05) is 34.6 Å². The highest BCUT2D eigenvalue weighted by Crippen LogP contribution is 2.40. The summed E-state index contributed by atoms with van der Waals surface area (Å²) in [5.74, 6) is -2.29. The van der Waals surface area contributed by atoms with Crippen LogP contribution < -0.4 is 5.32 Å². The van der Waals surface area contributed by atoms with Crippen LogP contribution in [-0.2, 0) is 28.5 Å². The van der Waals surface area contributed by atoms with E-state index >= 15 is 0 Å². The summed E-state index contributed by atoms with van der Waals surface area (Å²) in [7, 11) is 2.78. The molecule has 2 unspecified atom stereocenters. The van der Waals surface area contributed by atoms with Crippen LogP contribution in [0, 0.1) is 11.3 Å². The average Bonchev–Trinajstić information content (AvgIpc) is 2.81. The van der Waals surface area contributed by atoms with Gasteiger partial charge in [-0.15, -0.1) is 0 Å². The van der Waals surface area contributed by atoms with Crippen LogP contribution in [0.25, 0.3) is 0 Å². The van der Waals surface area contributed by atoms with Crippen LogP contribution in [0.1, 0.15) is 53.9 Å². The fourth-order valence-electron chi connectivity index (χ4n) is 4.69. The van der Waals surface area contributed by atoms with E-state index in [2.05, 4.69) is 11.9 Å². The van der Waals surface area contributed by atoms with Gasteiger partial charge >= 0.3 is 0 Å². The zero-order valence-corrected chi connectivity index (χ0v) is 22.2. The van der Waals surface area contributed by atoms with Crippen molar-refractivity contribution in [2.75, 3.05) is 27.4 Å². The molecule has 0 aromatic rings. The smallest absolute Gasteiger partial charge is 0.256 e. The number of hydrogen-bond donors (Lipinski definition) is 4. The van der Waals surface area contributed by atoms with Gasteiger partial charge in [0.05, 0.1) is 31.0 Å². The maximum absolute atomic E-state index is 13.1. The molecule has 204 valence electrons. The number of carbonyl (C=O) groups is 1. The first kappa shape index (κ1) is 30.1. The van der Waals surface area contributed by atoms with Gasteiger partial charge in [0.25, 0.3) is 5.91 Å². The van der Waals surface area contributed by atoms with E-state index < -0.39 is 53.9 Å². The van der Waals surface area contributed by atoms with Crippen LogP contribution >= 0.6 is 0 Å². The molecule has 10 heteroatoms. The Kier molecular flexibility index (Phi) is 10.7. The van der Waals surface area contributed by atoms with Gasteiger partial charge in [0, 0.05) is 51.4 Å². The summed E-state index contributed by atoms with van der Waals surface area (Å²) in [5.41, 5.74) is 0.171. The van der Waals surface area contributed by atoms with E-state index in [0.29, 0.717) is 6.61 Å². The third-order valence-corrected chi connectivity index (χ3v) is 7.58. The SMILES string of the molecule is C=C1C[C@](OC)([C@H](O)C(=O)N[C@@H](OC)C2C[C@@H](O)C(C)(C)[C@@H](C[C@H](O)COCC)O2)O[C@H](C)C1C. The second kappa shape index (κ2) is 12.4. The molecule has 0 spiro atoms. The average molecular weight is 504 g/mol. The number of methoxy groups -OCH3 is 2. The first-order valence-electron chi connectivity index (χ1n) is 12.3. The quantitative estimate of drug-likeness (QED) is 0.241. The number of aliphatic hydroxyl groups is 3. The molecule has 2 aliphatic rings. The summed E-state index contributed by atoms with van der Waals surface area (Å²) < 4.78 is 28.5. The Morgan fingerprint density at radius 1 is 1.29 bits per heavy atom. The molecule has 0 aromatic heterocycles. The lowest BCUT2D eigenvalue weighted by Gasteiger charge is -2.48.